The Labute approximate surface area is 104 Å². The van der Waals surface area contributed by atoms with Gasteiger partial charge in [-0.2, -0.15) is 0 Å². The maximum absolute atomic E-state index is 9.87. The molecule has 2 rings (SSSR count). The predicted molar refractivity (Wildman–Crippen MR) is 68.1 cm³/mol. The molecule has 4 heteroatoms. The van der Waals surface area contributed by atoms with Gasteiger partial charge in [-0.15, -0.1) is 0 Å². The summed E-state index contributed by atoms with van der Waals surface area (Å²) in [5, 5.41) is 13.5. The largest absolute Gasteiger partial charge is 0.389 e. The van der Waals surface area contributed by atoms with Crippen molar-refractivity contribution in [3.8, 4) is 0 Å². The van der Waals surface area contributed by atoms with Crippen molar-refractivity contribution in [2.24, 2.45) is 0 Å². The average Bonchev–Trinajstić information content (AvgIpc) is 2.83. The summed E-state index contributed by atoms with van der Waals surface area (Å²) in [6.45, 7) is 3.50. The summed E-state index contributed by atoms with van der Waals surface area (Å²) >= 11 is 0. The molecule has 4 nitrogen and oxygen atoms in total. The molecular weight excluding hydrogens is 216 g/mol. The molecule has 2 N–H and O–H groups in total. The molecule has 0 radical (unpaired) electrons. The van der Waals surface area contributed by atoms with Crippen LogP contribution < -0.4 is 5.32 Å². The number of rotatable bonds is 5. The van der Waals surface area contributed by atoms with Crippen molar-refractivity contribution in [1.29, 1.82) is 0 Å². The van der Waals surface area contributed by atoms with Crippen LogP contribution in [0.4, 0.5) is 0 Å². The van der Waals surface area contributed by atoms with Crippen LogP contribution in [0.25, 0.3) is 0 Å². The van der Waals surface area contributed by atoms with Crippen LogP contribution in [0.5, 0.6) is 0 Å². The van der Waals surface area contributed by atoms with Gasteiger partial charge in [0.15, 0.2) is 0 Å². The molecule has 2 aliphatic rings. The van der Waals surface area contributed by atoms with Gasteiger partial charge in [0.05, 0.1) is 12.7 Å². The summed E-state index contributed by atoms with van der Waals surface area (Å²) in [5.74, 6) is 0. The topological polar surface area (TPSA) is 44.7 Å². The fraction of sp³-hybridized carbons (Fsp3) is 1.00. The van der Waals surface area contributed by atoms with E-state index in [1.165, 1.54) is 32.1 Å². The van der Waals surface area contributed by atoms with Gasteiger partial charge in [0.1, 0.15) is 0 Å². The Morgan fingerprint density at radius 2 is 2.24 bits per heavy atom. The molecular formula is C13H26N2O2. The first kappa shape index (κ1) is 13.3. The zero-order chi connectivity index (χ0) is 12.1. The van der Waals surface area contributed by atoms with Crippen molar-refractivity contribution in [2.45, 2.75) is 50.3 Å². The van der Waals surface area contributed by atoms with Gasteiger partial charge in [-0.3, -0.25) is 4.90 Å². The van der Waals surface area contributed by atoms with Gasteiger partial charge >= 0.3 is 0 Å². The maximum atomic E-state index is 9.87. The van der Waals surface area contributed by atoms with Crippen LogP contribution in [-0.2, 0) is 4.74 Å². The quantitative estimate of drug-likeness (QED) is 0.741. The molecule has 0 aliphatic carbocycles. The molecule has 0 spiro atoms. The van der Waals surface area contributed by atoms with E-state index in [1.807, 2.05) is 0 Å². The highest BCUT2D eigenvalue weighted by molar-refractivity contribution is 4.91. The zero-order valence-electron chi connectivity index (χ0n) is 10.9. The molecule has 3 unspecified atom stereocenters. The van der Waals surface area contributed by atoms with Gasteiger partial charge in [-0.25, -0.2) is 0 Å². The Kier molecular flexibility index (Phi) is 5.22. The SMILES string of the molecule is COCC(O)CN1CCCCC1C1CCCN1. The number of likely N-dealkylation sites (tertiary alicyclic amines) is 1. The number of aliphatic hydroxyl groups is 1. The van der Waals surface area contributed by atoms with Gasteiger partial charge < -0.3 is 15.2 Å². The summed E-state index contributed by atoms with van der Waals surface area (Å²) in [6, 6.07) is 1.27. The lowest BCUT2D eigenvalue weighted by Gasteiger charge is -2.40. The minimum absolute atomic E-state index is 0.345. The zero-order valence-corrected chi connectivity index (χ0v) is 10.9. The van der Waals surface area contributed by atoms with Crippen LogP contribution in [0.2, 0.25) is 0 Å². The van der Waals surface area contributed by atoms with Crippen LogP contribution in [-0.4, -0.2) is 61.5 Å². The predicted octanol–water partition coefficient (Wildman–Crippen LogP) is 0.600. The van der Waals surface area contributed by atoms with Crippen molar-refractivity contribution >= 4 is 0 Å². The van der Waals surface area contributed by atoms with Gasteiger partial charge in [0.2, 0.25) is 0 Å². The molecule has 17 heavy (non-hydrogen) atoms. The van der Waals surface area contributed by atoms with E-state index in [0.717, 1.165) is 19.6 Å². The van der Waals surface area contributed by atoms with E-state index in [-0.39, 0.29) is 6.10 Å². The number of nitrogens with one attached hydrogen (secondary N) is 1. The van der Waals surface area contributed by atoms with Crippen molar-refractivity contribution in [2.75, 3.05) is 33.4 Å². The molecule has 0 saturated carbocycles. The van der Waals surface area contributed by atoms with E-state index in [9.17, 15) is 5.11 Å². The second kappa shape index (κ2) is 6.69. The second-order valence-corrected chi connectivity index (χ2v) is 5.37. The number of nitrogens with zero attached hydrogens (tertiary/aromatic N) is 1. The van der Waals surface area contributed by atoms with Crippen LogP contribution in [0.3, 0.4) is 0 Å². The summed E-state index contributed by atoms with van der Waals surface area (Å²) < 4.78 is 5.01. The Morgan fingerprint density at radius 1 is 1.35 bits per heavy atom. The van der Waals surface area contributed by atoms with Gasteiger partial charge in [0.25, 0.3) is 0 Å². The van der Waals surface area contributed by atoms with Gasteiger partial charge in [0, 0.05) is 25.7 Å². The van der Waals surface area contributed by atoms with E-state index in [4.69, 9.17) is 4.74 Å². The fourth-order valence-corrected chi connectivity index (χ4v) is 3.25. The summed E-state index contributed by atoms with van der Waals surface area (Å²) in [7, 11) is 1.65. The minimum Gasteiger partial charge on any atom is -0.389 e. The number of methoxy groups -OCH3 is 1. The number of hydrogen-bond donors (Lipinski definition) is 2. The van der Waals surface area contributed by atoms with E-state index < -0.39 is 0 Å². The van der Waals surface area contributed by atoms with Crippen molar-refractivity contribution < 1.29 is 9.84 Å². The lowest BCUT2D eigenvalue weighted by molar-refractivity contribution is 0.0122. The number of piperidine rings is 1. The van der Waals surface area contributed by atoms with E-state index >= 15 is 0 Å². The Balaban J connectivity index is 1.87. The lowest BCUT2D eigenvalue weighted by atomic mass is 9.94. The summed E-state index contributed by atoms with van der Waals surface area (Å²) in [5.41, 5.74) is 0. The fourth-order valence-electron chi connectivity index (χ4n) is 3.25. The molecule has 0 aromatic heterocycles. The molecule has 2 heterocycles. The third-order valence-electron chi connectivity index (χ3n) is 4.03. The number of β-amino-alcohol motifs (C(OH)–C–C–N with tert-alkyl or cyclic N) is 1. The highest BCUT2D eigenvalue weighted by Gasteiger charge is 2.32. The Hall–Kier alpha value is -0.160. The molecule has 100 valence electrons. The van der Waals surface area contributed by atoms with E-state index in [0.29, 0.717) is 18.7 Å². The number of ether oxygens (including phenoxy) is 1. The molecule has 3 atom stereocenters. The van der Waals surface area contributed by atoms with Gasteiger partial charge in [-0.05, 0) is 38.8 Å². The van der Waals surface area contributed by atoms with Gasteiger partial charge in [-0.1, -0.05) is 6.42 Å². The van der Waals surface area contributed by atoms with Crippen LogP contribution >= 0.6 is 0 Å². The lowest BCUT2D eigenvalue weighted by Crippen LogP contribution is -2.52. The molecule has 2 aliphatic heterocycles. The van der Waals surface area contributed by atoms with Crippen molar-refractivity contribution in [3.05, 3.63) is 0 Å². The Bertz CT molecular complexity index is 219. The van der Waals surface area contributed by atoms with Crippen LogP contribution in [0.1, 0.15) is 32.1 Å². The average molecular weight is 242 g/mol. The van der Waals surface area contributed by atoms with E-state index in [1.54, 1.807) is 7.11 Å². The molecule has 0 amide bonds. The molecule has 2 saturated heterocycles. The van der Waals surface area contributed by atoms with E-state index in [2.05, 4.69) is 10.2 Å². The smallest absolute Gasteiger partial charge is 0.0900 e. The maximum Gasteiger partial charge on any atom is 0.0900 e. The third kappa shape index (κ3) is 3.65. The highest BCUT2D eigenvalue weighted by Crippen LogP contribution is 2.24. The molecule has 0 aromatic rings. The Morgan fingerprint density at radius 3 is 2.94 bits per heavy atom. The first-order chi connectivity index (χ1) is 8.31. The monoisotopic (exact) mass is 242 g/mol. The first-order valence-electron chi connectivity index (χ1n) is 6.95. The third-order valence-corrected chi connectivity index (χ3v) is 4.03. The standard InChI is InChI=1S/C13H26N2O2/c1-17-10-11(16)9-15-8-3-2-6-13(15)12-5-4-7-14-12/h11-14,16H,2-10H2,1H3. The minimum atomic E-state index is -0.345. The number of hydrogen-bond acceptors (Lipinski definition) is 4. The first-order valence-corrected chi connectivity index (χ1v) is 6.95. The molecule has 0 aromatic carbocycles. The molecule has 0 bridgehead atoms. The summed E-state index contributed by atoms with van der Waals surface area (Å²) in [4.78, 5) is 2.47. The van der Waals surface area contributed by atoms with Crippen LogP contribution in [0, 0.1) is 0 Å². The van der Waals surface area contributed by atoms with Crippen molar-refractivity contribution in [1.82, 2.24) is 10.2 Å². The van der Waals surface area contributed by atoms with Crippen molar-refractivity contribution in [3.63, 3.8) is 0 Å². The summed E-state index contributed by atoms with van der Waals surface area (Å²) in [6.07, 6.45) is 6.12. The van der Waals surface area contributed by atoms with Crippen LogP contribution in [0.15, 0.2) is 0 Å². The number of aliphatic hydroxyl groups excluding tert-OH is 1. The molecule has 2 fully saturated rings. The second-order valence-electron chi connectivity index (χ2n) is 5.37. The normalized spacial score (nSPS) is 32.8. The highest BCUT2D eigenvalue weighted by atomic mass is 16.5.